The van der Waals surface area contributed by atoms with Crippen molar-refractivity contribution in [1.82, 2.24) is 0 Å². The number of rotatable bonds is 7. The van der Waals surface area contributed by atoms with Gasteiger partial charge in [0.05, 0.1) is 18.8 Å². The number of thiophene rings is 1. The summed E-state index contributed by atoms with van der Waals surface area (Å²) in [5.41, 5.74) is -0.805. The molecule has 0 N–H and O–H groups in total. The summed E-state index contributed by atoms with van der Waals surface area (Å²) in [6.07, 6.45) is -9.40. The number of halogens is 7. The van der Waals surface area contributed by atoms with Crippen LogP contribution in [0.3, 0.4) is 0 Å². The lowest BCUT2D eigenvalue weighted by Gasteiger charge is -2.20. The van der Waals surface area contributed by atoms with Crippen LogP contribution in [0.1, 0.15) is 18.1 Å². The molecule has 0 spiro atoms. The second kappa shape index (κ2) is 6.49. The first-order chi connectivity index (χ1) is 9.51. The first-order valence-corrected chi connectivity index (χ1v) is 6.55. The highest BCUT2D eigenvalue weighted by molar-refractivity contribution is 7.08. The Hall–Kier alpha value is -0.870. The maximum atomic E-state index is 13.5. The van der Waals surface area contributed by atoms with Crippen molar-refractivity contribution in [1.29, 1.82) is 0 Å². The molecule has 1 rings (SSSR count). The fourth-order valence-electron chi connectivity index (χ4n) is 1.32. The molecule has 0 aliphatic carbocycles. The van der Waals surface area contributed by atoms with Crippen LogP contribution in [0.4, 0.5) is 30.7 Å². The average Bonchev–Trinajstić information content (AvgIpc) is 2.76. The van der Waals surface area contributed by atoms with E-state index in [0.29, 0.717) is 0 Å². The first-order valence-electron chi connectivity index (χ1n) is 5.61. The van der Waals surface area contributed by atoms with E-state index in [1.54, 1.807) is 0 Å². The fourth-order valence-corrected chi connectivity index (χ4v) is 2.17. The molecule has 21 heavy (non-hydrogen) atoms. The number of ether oxygens (including phenoxy) is 2. The Labute approximate surface area is 119 Å². The van der Waals surface area contributed by atoms with Crippen LogP contribution in [0.5, 0.6) is 0 Å². The van der Waals surface area contributed by atoms with Gasteiger partial charge >= 0.3 is 18.2 Å². The minimum Gasteiger partial charge on any atom is -0.370 e. The van der Waals surface area contributed by atoms with E-state index < -0.39 is 37.0 Å². The van der Waals surface area contributed by atoms with Crippen molar-refractivity contribution >= 4 is 11.3 Å². The van der Waals surface area contributed by atoms with Crippen LogP contribution in [0, 0.1) is 0 Å². The number of alkyl halides is 7. The second-order valence-corrected chi connectivity index (χ2v) is 4.70. The molecule has 0 fully saturated rings. The zero-order valence-electron chi connectivity index (χ0n) is 10.6. The molecule has 0 atom stereocenters. The van der Waals surface area contributed by atoms with Crippen molar-refractivity contribution in [3.63, 3.8) is 0 Å². The molecule has 0 unspecified atom stereocenters. The van der Waals surface area contributed by atoms with Gasteiger partial charge in [-0.15, -0.1) is 0 Å². The van der Waals surface area contributed by atoms with Crippen LogP contribution in [-0.4, -0.2) is 25.3 Å². The zero-order chi connectivity index (χ0) is 16.3. The largest absolute Gasteiger partial charge is 0.455 e. The van der Waals surface area contributed by atoms with Crippen LogP contribution in [-0.2, 0) is 22.2 Å². The Bertz CT molecular complexity index is 456. The topological polar surface area (TPSA) is 18.5 Å². The van der Waals surface area contributed by atoms with Crippen LogP contribution in [0.2, 0.25) is 0 Å². The van der Waals surface area contributed by atoms with Crippen molar-refractivity contribution in [2.75, 3.05) is 13.2 Å². The van der Waals surface area contributed by atoms with Crippen LogP contribution < -0.4 is 0 Å². The number of hydrogen-bond donors (Lipinski definition) is 0. The van der Waals surface area contributed by atoms with E-state index in [0.717, 1.165) is 16.7 Å². The average molecular weight is 340 g/mol. The fraction of sp³-hybridized carbons (Fsp3) is 0.636. The smallest absolute Gasteiger partial charge is 0.370 e. The van der Waals surface area contributed by atoms with Gasteiger partial charge in [0.2, 0.25) is 0 Å². The predicted molar refractivity (Wildman–Crippen MR) is 60.5 cm³/mol. The minimum absolute atomic E-state index is 0.198. The Morgan fingerprint density at radius 2 is 1.67 bits per heavy atom. The Morgan fingerprint density at radius 3 is 2.19 bits per heavy atom. The predicted octanol–water partition coefficient (Wildman–Crippen LogP) is 4.55. The molecule has 0 aromatic carbocycles. The molecule has 0 saturated heterocycles. The van der Waals surface area contributed by atoms with Gasteiger partial charge in [0, 0.05) is 10.9 Å². The summed E-state index contributed by atoms with van der Waals surface area (Å²) in [5.74, 6) is -5.04. The first kappa shape index (κ1) is 18.2. The van der Waals surface area contributed by atoms with Gasteiger partial charge in [0.1, 0.15) is 6.61 Å². The molecule has 0 bridgehead atoms. The maximum absolute atomic E-state index is 13.5. The molecule has 1 aromatic heterocycles. The van der Waals surface area contributed by atoms with Gasteiger partial charge in [-0.05, 0) is 12.3 Å². The third kappa shape index (κ3) is 4.55. The summed E-state index contributed by atoms with van der Waals surface area (Å²) in [6, 6.07) is 0. The highest BCUT2D eigenvalue weighted by Gasteiger charge is 2.57. The standard InChI is InChI=1S/C11H11F7O2S/c1-2-20-10(14,15)8-5-21-4-7(8)3-19-6-9(12,13)11(16,17)18/h4-5H,2-3,6H2,1H3. The summed E-state index contributed by atoms with van der Waals surface area (Å²) >= 11 is 0.833. The molecule has 0 aliphatic heterocycles. The third-order valence-corrected chi connectivity index (χ3v) is 3.13. The molecule has 0 radical (unpaired) electrons. The van der Waals surface area contributed by atoms with Gasteiger partial charge in [0.15, 0.2) is 0 Å². The van der Waals surface area contributed by atoms with Crippen LogP contribution in [0.25, 0.3) is 0 Å². The second-order valence-electron chi connectivity index (χ2n) is 3.96. The van der Waals surface area contributed by atoms with E-state index in [2.05, 4.69) is 9.47 Å². The van der Waals surface area contributed by atoms with E-state index in [4.69, 9.17) is 0 Å². The van der Waals surface area contributed by atoms with E-state index in [1.165, 1.54) is 12.3 Å². The van der Waals surface area contributed by atoms with Gasteiger partial charge in [-0.25, -0.2) is 0 Å². The third-order valence-electron chi connectivity index (χ3n) is 2.34. The minimum atomic E-state index is -5.75. The highest BCUT2D eigenvalue weighted by atomic mass is 32.1. The quantitative estimate of drug-likeness (QED) is 0.678. The van der Waals surface area contributed by atoms with Gasteiger partial charge in [-0.1, -0.05) is 0 Å². The van der Waals surface area contributed by atoms with E-state index in [9.17, 15) is 30.7 Å². The lowest BCUT2D eigenvalue weighted by atomic mass is 10.2. The van der Waals surface area contributed by atoms with Crippen molar-refractivity contribution in [2.24, 2.45) is 0 Å². The van der Waals surface area contributed by atoms with E-state index in [-0.39, 0.29) is 12.2 Å². The Kier molecular flexibility index (Phi) is 5.62. The van der Waals surface area contributed by atoms with Crippen molar-refractivity contribution in [3.05, 3.63) is 21.9 Å². The lowest BCUT2D eigenvalue weighted by Crippen LogP contribution is -2.40. The monoisotopic (exact) mass is 340 g/mol. The molecular weight excluding hydrogens is 329 g/mol. The zero-order valence-corrected chi connectivity index (χ0v) is 11.5. The summed E-state index contributed by atoms with van der Waals surface area (Å²) in [7, 11) is 0. The molecule has 1 aromatic rings. The molecule has 1 heterocycles. The number of hydrogen-bond acceptors (Lipinski definition) is 3. The van der Waals surface area contributed by atoms with Gasteiger partial charge < -0.3 is 9.47 Å². The van der Waals surface area contributed by atoms with Crippen molar-refractivity contribution < 1.29 is 40.2 Å². The summed E-state index contributed by atoms with van der Waals surface area (Å²) in [4.78, 5) is 0. The molecule has 0 saturated carbocycles. The molecule has 122 valence electrons. The molecule has 0 aliphatic rings. The SMILES string of the molecule is CCOC(F)(F)c1cscc1COCC(F)(F)C(F)(F)F. The van der Waals surface area contributed by atoms with E-state index in [1.807, 2.05) is 0 Å². The highest BCUT2D eigenvalue weighted by Crippen LogP contribution is 2.37. The lowest BCUT2D eigenvalue weighted by molar-refractivity contribution is -0.297. The van der Waals surface area contributed by atoms with Gasteiger partial charge in [-0.2, -0.15) is 42.1 Å². The maximum Gasteiger partial charge on any atom is 0.455 e. The van der Waals surface area contributed by atoms with Gasteiger partial charge in [0.25, 0.3) is 0 Å². The summed E-state index contributed by atoms with van der Waals surface area (Å²) < 4.78 is 96.3. The van der Waals surface area contributed by atoms with Crippen molar-refractivity contribution in [2.45, 2.75) is 31.7 Å². The molecule has 10 heteroatoms. The van der Waals surface area contributed by atoms with Crippen molar-refractivity contribution in [3.8, 4) is 0 Å². The van der Waals surface area contributed by atoms with Gasteiger partial charge in [-0.3, -0.25) is 0 Å². The van der Waals surface area contributed by atoms with Crippen LogP contribution >= 0.6 is 11.3 Å². The summed E-state index contributed by atoms with van der Waals surface area (Å²) in [5, 5.41) is 2.20. The summed E-state index contributed by atoms with van der Waals surface area (Å²) in [6.45, 7) is -1.70. The normalized spacial score (nSPS) is 13.7. The Balaban J connectivity index is 2.68. The Morgan fingerprint density at radius 1 is 1.05 bits per heavy atom. The molecule has 0 amide bonds. The van der Waals surface area contributed by atoms with E-state index >= 15 is 0 Å². The van der Waals surface area contributed by atoms with Crippen LogP contribution in [0.15, 0.2) is 10.8 Å². The molecular formula is C11H11F7O2S. The molecule has 2 nitrogen and oxygen atoms in total.